The van der Waals surface area contributed by atoms with E-state index in [4.69, 9.17) is 14.7 Å². The van der Waals surface area contributed by atoms with Crippen LogP contribution >= 0.6 is 0 Å². The topological polar surface area (TPSA) is 42.2 Å². The number of rotatable bonds is 5. The Morgan fingerprint density at radius 1 is 1.00 bits per heavy atom. The molecule has 0 unspecified atom stereocenters. The summed E-state index contributed by atoms with van der Waals surface area (Å²) in [6.07, 6.45) is 1.03. The van der Waals surface area contributed by atoms with Gasteiger partial charge in [-0.1, -0.05) is 31.2 Å². The first-order valence-electron chi connectivity index (χ1n) is 6.55. The standard InChI is InChI=1S/C17H17NO2/c1-3-13-4-6-14(7-5-13)12-20-17-9-15(11-18)8-16(10-17)19-2/h4-10H,3,12H2,1-2H3. The monoisotopic (exact) mass is 267 g/mol. The van der Waals surface area contributed by atoms with Crippen LogP contribution in [0.15, 0.2) is 42.5 Å². The Balaban J connectivity index is 2.08. The molecule has 0 bridgehead atoms. The summed E-state index contributed by atoms with van der Waals surface area (Å²) in [6.45, 7) is 2.60. The minimum Gasteiger partial charge on any atom is -0.497 e. The Hall–Kier alpha value is -2.47. The smallest absolute Gasteiger partial charge is 0.124 e. The number of benzene rings is 2. The van der Waals surface area contributed by atoms with Gasteiger partial charge in [-0.3, -0.25) is 0 Å². The van der Waals surface area contributed by atoms with Crippen LogP contribution < -0.4 is 9.47 Å². The van der Waals surface area contributed by atoms with E-state index in [1.807, 2.05) is 0 Å². The average Bonchev–Trinajstić information content (AvgIpc) is 2.53. The summed E-state index contributed by atoms with van der Waals surface area (Å²) in [5, 5.41) is 8.96. The second kappa shape index (κ2) is 6.63. The lowest BCUT2D eigenvalue weighted by Crippen LogP contribution is -1.97. The van der Waals surface area contributed by atoms with Crippen LogP contribution in [0.5, 0.6) is 11.5 Å². The molecule has 0 saturated carbocycles. The molecule has 2 aromatic rings. The largest absolute Gasteiger partial charge is 0.497 e. The summed E-state index contributed by atoms with van der Waals surface area (Å²) >= 11 is 0. The summed E-state index contributed by atoms with van der Waals surface area (Å²) in [6, 6.07) is 15.6. The molecular weight excluding hydrogens is 250 g/mol. The zero-order chi connectivity index (χ0) is 14.4. The fourth-order valence-electron chi connectivity index (χ4n) is 1.88. The average molecular weight is 267 g/mol. The van der Waals surface area contributed by atoms with Crippen molar-refractivity contribution in [3.8, 4) is 17.6 Å². The van der Waals surface area contributed by atoms with Gasteiger partial charge in [0.05, 0.1) is 18.7 Å². The Bertz CT molecular complexity index is 612. The highest BCUT2D eigenvalue weighted by Crippen LogP contribution is 2.23. The van der Waals surface area contributed by atoms with Crippen LogP contribution in [0.25, 0.3) is 0 Å². The van der Waals surface area contributed by atoms with Crippen LogP contribution in [0.2, 0.25) is 0 Å². The van der Waals surface area contributed by atoms with Crippen molar-refractivity contribution in [2.45, 2.75) is 20.0 Å². The molecule has 0 aromatic heterocycles. The molecule has 0 amide bonds. The Morgan fingerprint density at radius 3 is 2.25 bits per heavy atom. The molecule has 0 radical (unpaired) electrons. The second-order valence-electron chi connectivity index (χ2n) is 4.47. The summed E-state index contributed by atoms with van der Waals surface area (Å²) in [7, 11) is 1.57. The fourth-order valence-corrected chi connectivity index (χ4v) is 1.88. The molecule has 20 heavy (non-hydrogen) atoms. The number of methoxy groups -OCH3 is 1. The van der Waals surface area contributed by atoms with E-state index in [0.29, 0.717) is 23.7 Å². The van der Waals surface area contributed by atoms with Crippen LogP contribution in [-0.4, -0.2) is 7.11 Å². The Kier molecular flexibility index (Phi) is 4.62. The third kappa shape index (κ3) is 3.52. The highest BCUT2D eigenvalue weighted by Gasteiger charge is 2.03. The molecule has 3 nitrogen and oxygen atoms in total. The lowest BCUT2D eigenvalue weighted by atomic mass is 10.1. The van der Waals surface area contributed by atoms with Crippen LogP contribution in [0, 0.1) is 11.3 Å². The molecule has 3 heteroatoms. The van der Waals surface area contributed by atoms with Crippen molar-refractivity contribution in [1.82, 2.24) is 0 Å². The van der Waals surface area contributed by atoms with Crippen molar-refractivity contribution in [2.75, 3.05) is 7.11 Å². The van der Waals surface area contributed by atoms with E-state index < -0.39 is 0 Å². The van der Waals surface area contributed by atoms with Gasteiger partial charge < -0.3 is 9.47 Å². The maximum absolute atomic E-state index is 8.96. The van der Waals surface area contributed by atoms with Gasteiger partial charge in [-0.15, -0.1) is 0 Å². The molecule has 2 aromatic carbocycles. The van der Waals surface area contributed by atoms with E-state index in [0.717, 1.165) is 12.0 Å². The highest BCUT2D eigenvalue weighted by atomic mass is 16.5. The number of hydrogen-bond donors (Lipinski definition) is 0. The molecule has 0 aliphatic heterocycles. The zero-order valence-corrected chi connectivity index (χ0v) is 11.7. The van der Waals surface area contributed by atoms with E-state index in [9.17, 15) is 0 Å². The molecule has 0 heterocycles. The highest BCUT2D eigenvalue weighted by molar-refractivity contribution is 5.43. The van der Waals surface area contributed by atoms with Gasteiger partial charge in [0.15, 0.2) is 0 Å². The molecule has 0 aliphatic carbocycles. The van der Waals surface area contributed by atoms with Crippen molar-refractivity contribution in [3.05, 3.63) is 59.2 Å². The minimum absolute atomic E-state index is 0.474. The first kappa shape index (κ1) is 14.0. The normalized spacial score (nSPS) is 9.85. The zero-order valence-electron chi connectivity index (χ0n) is 11.7. The number of aryl methyl sites for hydroxylation is 1. The molecule has 0 atom stereocenters. The summed E-state index contributed by atoms with van der Waals surface area (Å²) < 4.78 is 10.9. The lowest BCUT2D eigenvalue weighted by molar-refractivity contribution is 0.303. The summed E-state index contributed by atoms with van der Waals surface area (Å²) in [4.78, 5) is 0. The van der Waals surface area contributed by atoms with Gasteiger partial charge in [0.25, 0.3) is 0 Å². The number of nitrogens with zero attached hydrogens (tertiary/aromatic N) is 1. The van der Waals surface area contributed by atoms with Crippen molar-refractivity contribution < 1.29 is 9.47 Å². The fraction of sp³-hybridized carbons (Fsp3) is 0.235. The molecule has 102 valence electrons. The van der Waals surface area contributed by atoms with Crippen molar-refractivity contribution >= 4 is 0 Å². The van der Waals surface area contributed by atoms with Crippen LogP contribution in [-0.2, 0) is 13.0 Å². The van der Waals surface area contributed by atoms with E-state index in [-0.39, 0.29) is 0 Å². The number of hydrogen-bond acceptors (Lipinski definition) is 3. The third-order valence-electron chi connectivity index (χ3n) is 3.08. The van der Waals surface area contributed by atoms with Crippen LogP contribution in [0.4, 0.5) is 0 Å². The molecule has 0 fully saturated rings. The predicted molar refractivity (Wildman–Crippen MR) is 77.9 cm³/mol. The summed E-state index contributed by atoms with van der Waals surface area (Å²) in [5.74, 6) is 1.26. The van der Waals surface area contributed by atoms with Gasteiger partial charge in [-0.25, -0.2) is 0 Å². The quantitative estimate of drug-likeness (QED) is 0.829. The van der Waals surface area contributed by atoms with Gasteiger partial charge in [0.2, 0.25) is 0 Å². The van der Waals surface area contributed by atoms with E-state index in [1.54, 1.807) is 25.3 Å². The van der Waals surface area contributed by atoms with Gasteiger partial charge in [0, 0.05) is 6.07 Å². The maximum atomic E-state index is 8.96. The SMILES string of the molecule is CCc1ccc(COc2cc(C#N)cc(OC)c2)cc1. The number of nitriles is 1. The van der Waals surface area contributed by atoms with Crippen molar-refractivity contribution in [3.63, 3.8) is 0 Å². The Labute approximate surface area is 119 Å². The third-order valence-corrected chi connectivity index (χ3v) is 3.08. The van der Waals surface area contributed by atoms with E-state index in [2.05, 4.69) is 37.3 Å². The molecular formula is C17H17NO2. The van der Waals surface area contributed by atoms with E-state index >= 15 is 0 Å². The second-order valence-corrected chi connectivity index (χ2v) is 4.47. The van der Waals surface area contributed by atoms with Crippen LogP contribution in [0.3, 0.4) is 0 Å². The maximum Gasteiger partial charge on any atom is 0.124 e. The lowest BCUT2D eigenvalue weighted by Gasteiger charge is -2.09. The molecule has 2 rings (SSSR count). The summed E-state index contributed by atoms with van der Waals surface area (Å²) in [5.41, 5.74) is 2.94. The predicted octanol–water partition coefficient (Wildman–Crippen LogP) is 3.71. The van der Waals surface area contributed by atoms with E-state index in [1.165, 1.54) is 5.56 Å². The first-order chi connectivity index (χ1) is 9.75. The Morgan fingerprint density at radius 2 is 1.65 bits per heavy atom. The van der Waals surface area contributed by atoms with Gasteiger partial charge >= 0.3 is 0 Å². The van der Waals surface area contributed by atoms with Gasteiger partial charge in [-0.05, 0) is 29.7 Å². The first-order valence-corrected chi connectivity index (χ1v) is 6.55. The minimum atomic E-state index is 0.474. The number of ether oxygens (including phenoxy) is 2. The van der Waals surface area contributed by atoms with Crippen molar-refractivity contribution in [2.24, 2.45) is 0 Å². The van der Waals surface area contributed by atoms with Gasteiger partial charge in [0.1, 0.15) is 18.1 Å². The molecule has 0 aliphatic rings. The van der Waals surface area contributed by atoms with Crippen molar-refractivity contribution in [1.29, 1.82) is 5.26 Å². The van der Waals surface area contributed by atoms with Crippen LogP contribution in [0.1, 0.15) is 23.6 Å². The molecule has 0 N–H and O–H groups in total. The molecule has 0 spiro atoms. The van der Waals surface area contributed by atoms with Gasteiger partial charge in [-0.2, -0.15) is 5.26 Å². The molecule has 0 saturated heterocycles.